The minimum absolute atomic E-state index is 0.277. The summed E-state index contributed by atoms with van der Waals surface area (Å²) in [5.41, 5.74) is 8.98. The van der Waals surface area contributed by atoms with E-state index < -0.39 is 10.0 Å². The van der Waals surface area contributed by atoms with Gasteiger partial charge in [0.2, 0.25) is 0 Å². The molecule has 4 nitrogen and oxygen atoms in total. The van der Waals surface area contributed by atoms with Crippen LogP contribution in [0.1, 0.15) is 16.7 Å². The quantitative estimate of drug-likeness (QED) is 0.810. The molecule has 0 saturated heterocycles. The van der Waals surface area contributed by atoms with E-state index in [-0.39, 0.29) is 4.90 Å². The molecule has 0 aliphatic rings. The highest BCUT2D eigenvalue weighted by molar-refractivity contribution is 9.10. The molecule has 112 valence electrons. The molecule has 0 aliphatic heterocycles. The molecular formula is C15H17BrN2O2S. The van der Waals surface area contributed by atoms with Gasteiger partial charge < -0.3 is 5.73 Å². The molecule has 0 amide bonds. The second-order valence-corrected chi connectivity index (χ2v) is 7.58. The van der Waals surface area contributed by atoms with Crippen molar-refractivity contribution in [3.63, 3.8) is 0 Å². The van der Waals surface area contributed by atoms with E-state index in [0.29, 0.717) is 22.5 Å². The monoisotopic (exact) mass is 368 g/mol. The number of nitrogens with two attached hydrogens (primary N) is 1. The van der Waals surface area contributed by atoms with Crippen molar-refractivity contribution in [1.82, 2.24) is 0 Å². The molecule has 0 saturated carbocycles. The van der Waals surface area contributed by atoms with Gasteiger partial charge in [-0.05, 0) is 67.8 Å². The molecule has 0 heterocycles. The summed E-state index contributed by atoms with van der Waals surface area (Å²) in [6.45, 7) is 5.34. The van der Waals surface area contributed by atoms with E-state index in [1.165, 1.54) is 0 Å². The molecule has 0 fully saturated rings. The van der Waals surface area contributed by atoms with Crippen molar-refractivity contribution >= 4 is 37.3 Å². The zero-order chi connectivity index (χ0) is 15.8. The smallest absolute Gasteiger partial charge is 0.262 e. The minimum Gasteiger partial charge on any atom is -0.399 e. The average Bonchev–Trinajstić information content (AvgIpc) is 2.30. The van der Waals surface area contributed by atoms with Gasteiger partial charge in [-0.3, -0.25) is 4.72 Å². The van der Waals surface area contributed by atoms with Gasteiger partial charge in [-0.25, -0.2) is 8.42 Å². The van der Waals surface area contributed by atoms with Gasteiger partial charge in [0, 0.05) is 10.2 Å². The summed E-state index contributed by atoms with van der Waals surface area (Å²) in [4.78, 5) is 0.277. The van der Waals surface area contributed by atoms with E-state index in [2.05, 4.69) is 20.7 Å². The molecule has 3 N–H and O–H groups in total. The third-order valence-corrected chi connectivity index (χ3v) is 5.35. The number of hydrogen-bond acceptors (Lipinski definition) is 3. The molecule has 0 atom stereocenters. The molecule has 0 radical (unpaired) electrons. The number of nitrogen functional groups attached to an aromatic ring is 1. The maximum atomic E-state index is 12.6. The molecule has 0 spiro atoms. The van der Waals surface area contributed by atoms with Gasteiger partial charge in [0.25, 0.3) is 10.0 Å². The molecule has 2 aromatic carbocycles. The Labute approximate surface area is 133 Å². The topological polar surface area (TPSA) is 72.2 Å². The number of anilines is 2. The van der Waals surface area contributed by atoms with Gasteiger partial charge in [-0.1, -0.05) is 15.9 Å². The lowest BCUT2D eigenvalue weighted by Crippen LogP contribution is -2.16. The molecule has 0 aliphatic carbocycles. The molecular weight excluding hydrogens is 352 g/mol. The molecule has 0 aromatic heterocycles. The number of nitrogens with one attached hydrogen (secondary N) is 1. The number of benzene rings is 2. The number of halogens is 1. The Morgan fingerprint density at radius 1 is 1.00 bits per heavy atom. The Bertz CT molecular complexity index is 778. The van der Waals surface area contributed by atoms with Crippen LogP contribution in [0.5, 0.6) is 0 Å². The van der Waals surface area contributed by atoms with Crippen molar-refractivity contribution in [1.29, 1.82) is 0 Å². The zero-order valence-corrected chi connectivity index (χ0v) is 14.5. The van der Waals surface area contributed by atoms with Crippen molar-refractivity contribution in [2.24, 2.45) is 0 Å². The van der Waals surface area contributed by atoms with Gasteiger partial charge in [-0.2, -0.15) is 0 Å². The molecule has 0 unspecified atom stereocenters. The van der Waals surface area contributed by atoms with Gasteiger partial charge in [-0.15, -0.1) is 0 Å². The summed E-state index contributed by atoms with van der Waals surface area (Å²) in [5.74, 6) is 0. The Kier molecular flexibility index (Phi) is 4.30. The number of hydrogen-bond donors (Lipinski definition) is 2. The zero-order valence-electron chi connectivity index (χ0n) is 12.1. The molecule has 2 rings (SSSR count). The number of aryl methyl sites for hydroxylation is 3. The highest BCUT2D eigenvalue weighted by Gasteiger charge is 2.20. The molecule has 0 bridgehead atoms. The normalized spacial score (nSPS) is 11.4. The fraction of sp³-hybridized carbons (Fsp3) is 0.200. The Hall–Kier alpha value is -1.53. The highest BCUT2D eigenvalue weighted by atomic mass is 79.9. The lowest BCUT2D eigenvalue weighted by atomic mass is 10.1. The van der Waals surface area contributed by atoms with Crippen molar-refractivity contribution in [3.8, 4) is 0 Å². The van der Waals surface area contributed by atoms with Crippen LogP contribution in [-0.2, 0) is 10.0 Å². The van der Waals surface area contributed by atoms with Crippen LogP contribution in [0.3, 0.4) is 0 Å². The van der Waals surface area contributed by atoms with E-state index >= 15 is 0 Å². The Morgan fingerprint density at radius 2 is 1.57 bits per heavy atom. The third-order valence-electron chi connectivity index (χ3n) is 3.18. The van der Waals surface area contributed by atoms with Crippen molar-refractivity contribution in [2.45, 2.75) is 25.7 Å². The molecule has 2 aromatic rings. The van der Waals surface area contributed by atoms with Crippen molar-refractivity contribution in [2.75, 3.05) is 10.5 Å². The summed E-state index contributed by atoms with van der Waals surface area (Å²) in [7, 11) is -3.65. The molecule has 6 heteroatoms. The largest absolute Gasteiger partial charge is 0.399 e. The number of rotatable bonds is 3. The summed E-state index contributed by atoms with van der Waals surface area (Å²) in [5, 5.41) is 0. The Balaban J connectivity index is 2.48. The first-order valence-corrected chi connectivity index (χ1v) is 8.64. The fourth-order valence-electron chi connectivity index (χ4n) is 2.35. The summed E-state index contributed by atoms with van der Waals surface area (Å²) in [6.07, 6.45) is 0. The van der Waals surface area contributed by atoms with E-state index in [9.17, 15) is 8.42 Å². The SMILES string of the molecule is Cc1cc(Br)ccc1NS(=O)(=O)c1c(C)cc(N)cc1C. The van der Waals surface area contributed by atoms with E-state index in [1.807, 2.05) is 13.0 Å². The van der Waals surface area contributed by atoms with Crippen LogP contribution in [0.4, 0.5) is 11.4 Å². The summed E-state index contributed by atoms with van der Waals surface area (Å²) in [6, 6.07) is 8.72. The van der Waals surface area contributed by atoms with E-state index in [0.717, 1.165) is 10.0 Å². The highest BCUT2D eigenvalue weighted by Crippen LogP contribution is 2.27. The predicted octanol–water partition coefficient (Wildman–Crippen LogP) is 3.76. The van der Waals surface area contributed by atoms with Crippen LogP contribution in [0.25, 0.3) is 0 Å². The lowest BCUT2D eigenvalue weighted by Gasteiger charge is -2.15. The first-order valence-electron chi connectivity index (χ1n) is 6.36. The summed E-state index contributed by atoms with van der Waals surface area (Å²) < 4.78 is 28.8. The van der Waals surface area contributed by atoms with Crippen LogP contribution >= 0.6 is 15.9 Å². The van der Waals surface area contributed by atoms with Gasteiger partial charge >= 0.3 is 0 Å². The second kappa shape index (κ2) is 5.69. The maximum Gasteiger partial charge on any atom is 0.262 e. The van der Waals surface area contributed by atoms with Crippen LogP contribution in [0.15, 0.2) is 39.7 Å². The third kappa shape index (κ3) is 3.39. The van der Waals surface area contributed by atoms with Crippen LogP contribution < -0.4 is 10.5 Å². The van der Waals surface area contributed by atoms with Crippen molar-refractivity contribution < 1.29 is 8.42 Å². The second-order valence-electron chi connectivity index (χ2n) is 5.05. The first-order chi connectivity index (χ1) is 9.70. The van der Waals surface area contributed by atoms with Crippen LogP contribution in [0.2, 0.25) is 0 Å². The number of sulfonamides is 1. The summed E-state index contributed by atoms with van der Waals surface area (Å²) >= 11 is 3.36. The van der Waals surface area contributed by atoms with E-state index in [1.54, 1.807) is 38.1 Å². The first kappa shape index (κ1) is 15.9. The average molecular weight is 369 g/mol. The lowest BCUT2D eigenvalue weighted by molar-refractivity contribution is 0.600. The fourth-order valence-corrected chi connectivity index (χ4v) is 4.41. The Morgan fingerprint density at radius 3 is 2.10 bits per heavy atom. The van der Waals surface area contributed by atoms with Gasteiger partial charge in [0.15, 0.2) is 0 Å². The van der Waals surface area contributed by atoms with Crippen molar-refractivity contribution in [3.05, 3.63) is 51.5 Å². The predicted molar refractivity (Wildman–Crippen MR) is 90.0 cm³/mol. The van der Waals surface area contributed by atoms with Gasteiger partial charge in [0.1, 0.15) is 0 Å². The molecule has 21 heavy (non-hydrogen) atoms. The van der Waals surface area contributed by atoms with E-state index in [4.69, 9.17) is 5.73 Å². The minimum atomic E-state index is -3.65. The van der Waals surface area contributed by atoms with Gasteiger partial charge in [0.05, 0.1) is 10.6 Å². The van der Waals surface area contributed by atoms with Crippen LogP contribution in [0, 0.1) is 20.8 Å². The standard InChI is InChI=1S/C15H17BrN2O2S/c1-9-6-12(16)4-5-14(9)18-21(19,20)15-10(2)7-13(17)8-11(15)3/h4-8,18H,17H2,1-3H3. The maximum absolute atomic E-state index is 12.6. The van der Waals surface area contributed by atoms with Crippen LogP contribution in [-0.4, -0.2) is 8.42 Å².